The van der Waals surface area contributed by atoms with Crippen molar-refractivity contribution in [2.75, 3.05) is 5.01 Å². The van der Waals surface area contributed by atoms with Crippen molar-refractivity contribution in [1.82, 2.24) is 5.43 Å². The van der Waals surface area contributed by atoms with E-state index in [0.29, 0.717) is 15.5 Å². The van der Waals surface area contributed by atoms with E-state index in [0.717, 1.165) is 11.8 Å². The van der Waals surface area contributed by atoms with Gasteiger partial charge in [-0.25, -0.2) is 5.01 Å². The monoisotopic (exact) mass is 330 g/mol. The predicted molar refractivity (Wildman–Crippen MR) is 86.0 cm³/mol. The maximum atomic E-state index is 12.5. The van der Waals surface area contributed by atoms with Gasteiger partial charge >= 0.3 is 0 Å². The molecule has 1 aromatic rings. The fourth-order valence-electron chi connectivity index (χ4n) is 1.95. The topological polar surface area (TPSA) is 99.2 Å². The van der Waals surface area contributed by atoms with Crippen molar-refractivity contribution in [1.29, 1.82) is 5.26 Å². The molecule has 6 nitrogen and oxygen atoms in total. The summed E-state index contributed by atoms with van der Waals surface area (Å²) in [5.74, 6) is -0.892. The van der Waals surface area contributed by atoms with E-state index in [1.807, 2.05) is 12.1 Å². The number of nitrogens with two attached hydrogens (primary N) is 1. The summed E-state index contributed by atoms with van der Waals surface area (Å²) in [6.45, 7) is 0. The van der Waals surface area contributed by atoms with Gasteiger partial charge in [0.2, 0.25) is 0 Å². The zero-order chi connectivity index (χ0) is 15.7. The van der Waals surface area contributed by atoms with E-state index >= 15 is 0 Å². The number of anilines is 1. The third kappa shape index (κ3) is 2.50. The maximum absolute atomic E-state index is 12.5. The molecular formula is C14H10N4O2S2. The Hall–Kier alpha value is -2.21. The van der Waals surface area contributed by atoms with Crippen molar-refractivity contribution in [2.45, 2.75) is 5.37 Å². The number of nitrogens with one attached hydrogen (secondary N) is 1. The number of thioether (sulfide) groups is 2. The van der Waals surface area contributed by atoms with Gasteiger partial charge in [-0.3, -0.25) is 15.0 Å². The third-order valence-corrected chi connectivity index (χ3v) is 5.33. The van der Waals surface area contributed by atoms with Crippen LogP contribution in [0.2, 0.25) is 0 Å². The molecule has 2 amide bonds. The summed E-state index contributed by atoms with van der Waals surface area (Å²) in [5, 5.41) is 11.1. The molecule has 110 valence electrons. The zero-order valence-electron chi connectivity index (χ0n) is 11.1. The van der Waals surface area contributed by atoms with Crippen LogP contribution in [-0.2, 0) is 9.59 Å². The first kappa shape index (κ1) is 14.7. The number of para-hydroxylation sites is 1. The highest BCUT2D eigenvalue weighted by molar-refractivity contribution is 8.24. The molecule has 2 aliphatic heterocycles. The minimum absolute atomic E-state index is 0.0579. The molecule has 0 spiro atoms. The first-order valence-electron chi connectivity index (χ1n) is 6.25. The smallest absolute Gasteiger partial charge is 0.284 e. The van der Waals surface area contributed by atoms with Crippen LogP contribution in [0.4, 0.5) is 5.69 Å². The van der Waals surface area contributed by atoms with Crippen LogP contribution in [0.25, 0.3) is 0 Å². The van der Waals surface area contributed by atoms with Crippen molar-refractivity contribution >= 4 is 41.0 Å². The molecule has 2 heterocycles. The maximum Gasteiger partial charge on any atom is 0.284 e. The summed E-state index contributed by atoms with van der Waals surface area (Å²) >= 11 is 2.31. The van der Waals surface area contributed by atoms with Gasteiger partial charge in [0.25, 0.3) is 11.8 Å². The summed E-state index contributed by atoms with van der Waals surface area (Å²) in [4.78, 5) is 24.6. The standard InChI is InChI=1S/C14H10N4O2S2/c15-6-8-7-21-14(22-11(8)16)10-12(19)17-18(13(10)20)9-4-2-1-3-5-9/h1-5,7,11H,16H2,(H,17,19)/b14-10-/t11-/m1/s1. The van der Waals surface area contributed by atoms with Gasteiger partial charge in [0.15, 0.2) is 0 Å². The summed E-state index contributed by atoms with van der Waals surface area (Å²) in [6, 6.07) is 10.8. The molecular weight excluding hydrogens is 320 g/mol. The van der Waals surface area contributed by atoms with E-state index in [1.165, 1.54) is 16.8 Å². The molecule has 0 bridgehead atoms. The highest BCUT2D eigenvalue weighted by atomic mass is 32.2. The number of amides is 2. The Morgan fingerprint density at radius 2 is 2.00 bits per heavy atom. The van der Waals surface area contributed by atoms with Crippen molar-refractivity contribution < 1.29 is 9.59 Å². The van der Waals surface area contributed by atoms with Crippen molar-refractivity contribution in [3.05, 3.63) is 51.1 Å². The average Bonchev–Trinajstić information content (AvgIpc) is 2.83. The molecule has 2 aliphatic rings. The van der Waals surface area contributed by atoms with Crippen molar-refractivity contribution in [3.8, 4) is 6.07 Å². The Kier molecular flexibility index (Phi) is 3.94. The minimum Gasteiger partial charge on any atom is -0.315 e. The van der Waals surface area contributed by atoms with Crippen LogP contribution in [0.1, 0.15) is 0 Å². The SMILES string of the molecule is N#CC1=CS/C(=C2\C(=O)NN(c3ccccc3)C2=O)S[C@H]1N. The molecule has 3 N–H and O–H groups in total. The minimum atomic E-state index is -0.569. The number of hydrogen-bond acceptors (Lipinski definition) is 6. The van der Waals surface area contributed by atoms with Crippen LogP contribution < -0.4 is 16.2 Å². The molecule has 1 aromatic carbocycles. The second kappa shape index (κ2) is 5.88. The van der Waals surface area contributed by atoms with E-state index in [9.17, 15) is 9.59 Å². The van der Waals surface area contributed by atoms with Crippen molar-refractivity contribution in [3.63, 3.8) is 0 Å². The Morgan fingerprint density at radius 1 is 1.27 bits per heavy atom. The van der Waals surface area contributed by atoms with Crippen LogP contribution in [0.5, 0.6) is 0 Å². The molecule has 3 rings (SSSR count). The molecule has 1 atom stereocenters. The predicted octanol–water partition coefficient (Wildman–Crippen LogP) is 1.45. The second-order valence-corrected chi connectivity index (χ2v) is 6.71. The van der Waals surface area contributed by atoms with Crippen LogP contribution in [0, 0.1) is 11.3 Å². The average molecular weight is 330 g/mol. The molecule has 1 fully saturated rings. The number of carbonyl (C=O) groups is 2. The van der Waals surface area contributed by atoms with Gasteiger partial charge in [0.05, 0.1) is 26.9 Å². The molecule has 0 saturated carbocycles. The second-order valence-electron chi connectivity index (χ2n) is 4.42. The van der Waals surface area contributed by atoms with E-state index in [2.05, 4.69) is 5.43 Å². The van der Waals surface area contributed by atoms with Gasteiger partial charge in [0.1, 0.15) is 5.57 Å². The van der Waals surface area contributed by atoms with Gasteiger partial charge in [-0.1, -0.05) is 41.7 Å². The number of benzene rings is 1. The Balaban J connectivity index is 1.95. The Labute approximate surface area is 135 Å². The quantitative estimate of drug-likeness (QED) is 0.597. The van der Waals surface area contributed by atoms with Crippen molar-refractivity contribution in [2.24, 2.45) is 5.73 Å². The number of carbonyl (C=O) groups excluding carboxylic acids is 2. The molecule has 22 heavy (non-hydrogen) atoms. The Morgan fingerprint density at radius 3 is 2.64 bits per heavy atom. The summed E-state index contributed by atoms with van der Waals surface area (Å²) in [6.07, 6.45) is 0. The number of rotatable bonds is 1. The fourth-order valence-corrected chi connectivity index (χ4v) is 4.23. The van der Waals surface area contributed by atoms with Crippen LogP contribution >= 0.6 is 23.5 Å². The van der Waals surface area contributed by atoms with Crippen LogP contribution in [0.3, 0.4) is 0 Å². The van der Waals surface area contributed by atoms with E-state index < -0.39 is 17.2 Å². The molecule has 0 aromatic heterocycles. The number of hydrogen-bond donors (Lipinski definition) is 2. The normalized spacial score (nSPS) is 24.8. The first-order valence-corrected chi connectivity index (χ1v) is 8.01. The lowest BCUT2D eigenvalue weighted by molar-refractivity contribution is -0.117. The summed E-state index contributed by atoms with van der Waals surface area (Å²) in [5.41, 5.74) is 9.46. The van der Waals surface area contributed by atoms with E-state index in [4.69, 9.17) is 11.0 Å². The van der Waals surface area contributed by atoms with E-state index in [-0.39, 0.29) is 5.57 Å². The van der Waals surface area contributed by atoms with Gasteiger partial charge < -0.3 is 5.73 Å². The Bertz CT molecular complexity index is 752. The number of nitrogens with zero attached hydrogens (tertiary/aromatic N) is 2. The van der Waals surface area contributed by atoms with Crippen LogP contribution in [0.15, 0.2) is 51.1 Å². The van der Waals surface area contributed by atoms with Crippen LogP contribution in [-0.4, -0.2) is 17.2 Å². The molecule has 0 unspecified atom stereocenters. The lowest BCUT2D eigenvalue weighted by Gasteiger charge is -2.18. The molecule has 1 saturated heterocycles. The molecule has 8 heteroatoms. The largest absolute Gasteiger partial charge is 0.315 e. The van der Waals surface area contributed by atoms with Gasteiger partial charge in [-0.2, -0.15) is 5.26 Å². The van der Waals surface area contributed by atoms with Gasteiger partial charge in [0, 0.05) is 0 Å². The van der Waals surface area contributed by atoms with E-state index in [1.54, 1.807) is 29.7 Å². The number of nitriles is 1. The highest BCUT2D eigenvalue weighted by Crippen LogP contribution is 2.42. The summed E-state index contributed by atoms with van der Waals surface area (Å²) in [7, 11) is 0. The lowest BCUT2D eigenvalue weighted by atomic mass is 10.2. The number of hydrazine groups is 1. The highest BCUT2D eigenvalue weighted by Gasteiger charge is 2.38. The van der Waals surface area contributed by atoms with Gasteiger partial charge in [-0.05, 0) is 17.5 Å². The lowest BCUT2D eigenvalue weighted by Crippen LogP contribution is -2.35. The zero-order valence-corrected chi connectivity index (χ0v) is 12.8. The molecule has 0 aliphatic carbocycles. The first-order chi connectivity index (χ1) is 10.6. The molecule has 0 radical (unpaired) electrons. The fraction of sp³-hybridized carbons (Fsp3) is 0.0714. The van der Waals surface area contributed by atoms with Gasteiger partial charge in [-0.15, -0.1) is 0 Å². The third-order valence-electron chi connectivity index (χ3n) is 3.04. The summed E-state index contributed by atoms with van der Waals surface area (Å²) < 4.78 is 0.507.